The van der Waals surface area contributed by atoms with Gasteiger partial charge in [0.05, 0.1) is 22.3 Å². The number of nitrogens with one attached hydrogen (secondary N) is 1. The Balaban J connectivity index is 2.33. The molecule has 0 spiro atoms. The number of benzene rings is 1. The lowest BCUT2D eigenvalue weighted by molar-refractivity contribution is -0.114. The van der Waals surface area contributed by atoms with E-state index in [2.05, 4.69) is 10.3 Å². The Morgan fingerprint density at radius 1 is 1.17 bits per heavy atom. The normalized spacial score (nSPS) is 10.9. The molecule has 126 valence electrons. The van der Waals surface area contributed by atoms with E-state index in [9.17, 15) is 18.0 Å². The fraction of sp³-hybridized carbons (Fsp3) is 0.133. The van der Waals surface area contributed by atoms with Crippen molar-refractivity contribution in [3.8, 4) is 0 Å². The van der Waals surface area contributed by atoms with Gasteiger partial charge in [-0.15, -0.1) is 0 Å². The van der Waals surface area contributed by atoms with Gasteiger partial charge in [0.25, 0.3) is 10.0 Å². The van der Waals surface area contributed by atoms with Gasteiger partial charge in [-0.3, -0.25) is 14.1 Å². The topological polar surface area (TPSA) is 117 Å². The number of hydrogen-bond donors (Lipinski definition) is 2. The van der Waals surface area contributed by atoms with Crippen molar-refractivity contribution < 1.29 is 23.1 Å². The van der Waals surface area contributed by atoms with Gasteiger partial charge in [-0.1, -0.05) is 0 Å². The molecule has 0 atom stereocenters. The third-order valence-electron chi connectivity index (χ3n) is 3.17. The van der Waals surface area contributed by atoms with E-state index in [-0.39, 0.29) is 22.1 Å². The number of anilines is 2. The smallest absolute Gasteiger partial charge is 0.337 e. The number of carboxylic acid groups (broad SMARTS) is 1. The molecule has 0 bridgehead atoms. The van der Waals surface area contributed by atoms with Crippen LogP contribution in [0.1, 0.15) is 17.3 Å². The van der Waals surface area contributed by atoms with Gasteiger partial charge in [-0.05, 0) is 30.3 Å². The first kappa shape index (κ1) is 17.4. The number of carboxylic acids is 1. The van der Waals surface area contributed by atoms with Crippen LogP contribution >= 0.6 is 0 Å². The molecule has 0 unspecified atom stereocenters. The highest BCUT2D eigenvalue weighted by Gasteiger charge is 2.22. The van der Waals surface area contributed by atoms with Crippen LogP contribution in [0.25, 0.3) is 0 Å². The zero-order valence-electron chi connectivity index (χ0n) is 12.9. The number of aromatic carboxylic acids is 1. The van der Waals surface area contributed by atoms with E-state index in [0.717, 1.165) is 10.5 Å². The van der Waals surface area contributed by atoms with E-state index in [0.29, 0.717) is 5.69 Å². The standard InChI is InChI=1S/C15H15N3O5S/c1-10(19)17-12-3-5-14(6-4-12)24(22,23)18(2)13-7-11(15(20)21)8-16-9-13/h3-9H,1-2H3,(H,17,19)(H,20,21). The number of nitrogens with zero attached hydrogens (tertiary/aromatic N) is 2. The van der Waals surface area contributed by atoms with Gasteiger partial charge in [-0.25, -0.2) is 13.2 Å². The molecule has 1 aromatic carbocycles. The van der Waals surface area contributed by atoms with E-state index in [1.54, 1.807) is 0 Å². The van der Waals surface area contributed by atoms with Crippen LogP contribution in [0.4, 0.5) is 11.4 Å². The van der Waals surface area contributed by atoms with Gasteiger partial charge in [-0.2, -0.15) is 0 Å². The van der Waals surface area contributed by atoms with E-state index in [4.69, 9.17) is 5.11 Å². The first-order valence-corrected chi connectivity index (χ1v) is 8.21. The summed E-state index contributed by atoms with van der Waals surface area (Å²) in [4.78, 5) is 25.7. The van der Waals surface area contributed by atoms with Crippen molar-refractivity contribution in [2.24, 2.45) is 0 Å². The third-order valence-corrected chi connectivity index (χ3v) is 4.97. The Labute approximate surface area is 138 Å². The molecule has 0 aliphatic heterocycles. The highest BCUT2D eigenvalue weighted by Crippen LogP contribution is 2.23. The van der Waals surface area contributed by atoms with Gasteiger partial charge < -0.3 is 10.4 Å². The maximum Gasteiger partial charge on any atom is 0.337 e. The van der Waals surface area contributed by atoms with Crippen LogP contribution in [0.2, 0.25) is 0 Å². The van der Waals surface area contributed by atoms with Crippen LogP contribution in [-0.4, -0.2) is 37.4 Å². The number of aromatic nitrogens is 1. The fourth-order valence-electron chi connectivity index (χ4n) is 1.93. The fourth-order valence-corrected chi connectivity index (χ4v) is 3.10. The summed E-state index contributed by atoms with van der Waals surface area (Å²) in [6.07, 6.45) is 2.39. The Hall–Kier alpha value is -2.94. The van der Waals surface area contributed by atoms with Crippen LogP contribution in [0.5, 0.6) is 0 Å². The molecule has 1 aromatic heterocycles. The number of carbonyl (C=O) groups excluding carboxylic acids is 1. The molecule has 0 radical (unpaired) electrons. The summed E-state index contributed by atoms with van der Waals surface area (Å²) < 4.78 is 26.2. The van der Waals surface area contributed by atoms with Gasteiger partial charge in [0, 0.05) is 25.9 Å². The number of sulfonamides is 1. The van der Waals surface area contributed by atoms with Crippen molar-refractivity contribution in [3.63, 3.8) is 0 Å². The van der Waals surface area contributed by atoms with Crippen molar-refractivity contribution in [1.82, 2.24) is 4.98 Å². The number of rotatable bonds is 5. The molecule has 0 saturated carbocycles. The molecule has 1 amide bonds. The maximum absolute atomic E-state index is 12.6. The molecule has 0 aliphatic rings. The average molecular weight is 349 g/mol. The first-order valence-electron chi connectivity index (χ1n) is 6.77. The quantitative estimate of drug-likeness (QED) is 0.846. The number of pyridine rings is 1. The largest absolute Gasteiger partial charge is 0.478 e. The van der Waals surface area contributed by atoms with E-state index < -0.39 is 16.0 Å². The zero-order chi connectivity index (χ0) is 17.9. The van der Waals surface area contributed by atoms with Crippen molar-refractivity contribution in [2.75, 3.05) is 16.7 Å². The summed E-state index contributed by atoms with van der Waals surface area (Å²) in [7, 11) is -2.59. The van der Waals surface area contributed by atoms with Crippen molar-refractivity contribution in [3.05, 3.63) is 48.3 Å². The van der Waals surface area contributed by atoms with Crippen LogP contribution in [0.15, 0.2) is 47.6 Å². The lowest BCUT2D eigenvalue weighted by Crippen LogP contribution is -2.27. The van der Waals surface area contributed by atoms with E-state index >= 15 is 0 Å². The molecule has 0 fully saturated rings. The highest BCUT2D eigenvalue weighted by atomic mass is 32.2. The molecule has 0 saturated heterocycles. The summed E-state index contributed by atoms with van der Waals surface area (Å²) in [5, 5.41) is 11.5. The van der Waals surface area contributed by atoms with Crippen molar-refractivity contribution in [2.45, 2.75) is 11.8 Å². The van der Waals surface area contributed by atoms with Crippen LogP contribution in [0.3, 0.4) is 0 Å². The van der Waals surface area contributed by atoms with E-state index in [1.807, 2.05) is 0 Å². The second-order valence-corrected chi connectivity index (χ2v) is 6.88. The zero-order valence-corrected chi connectivity index (χ0v) is 13.7. The molecule has 8 nitrogen and oxygen atoms in total. The van der Waals surface area contributed by atoms with Crippen molar-refractivity contribution >= 4 is 33.3 Å². The minimum Gasteiger partial charge on any atom is -0.478 e. The second kappa shape index (κ2) is 6.67. The summed E-state index contributed by atoms with van der Waals surface area (Å²) in [6.45, 7) is 1.35. The summed E-state index contributed by atoms with van der Waals surface area (Å²) >= 11 is 0. The molecule has 0 aliphatic carbocycles. The monoisotopic (exact) mass is 349 g/mol. The summed E-state index contributed by atoms with van der Waals surface area (Å²) in [6, 6.07) is 6.86. The Bertz CT molecular complexity index is 878. The van der Waals surface area contributed by atoms with E-state index in [1.165, 1.54) is 50.5 Å². The minimum atomic E-state index is -3.89. The van der Waals surface area contributed by atoms with Crippen LogP contribution in [-0.2, 0) is 14.8 Å². The number of hydrogen-bond acceptors (Lipinski definition) is 5. The molecule has 1 heterocycles. The molecule has 9 heteroatoms. The third kappa shape index (κ3) is 3.69. The summed E-state index contributed by atoms with van der Waals surface area (Å²) in [5.41, 5.74) is 0.482. The van der Waals surface area contributed by atoms with Crippen LogP contribution in [0, 0.1) is 0 Å². The van der Waals surface area contributed by atoms with Gasteiger partial charge in [0.2, 0.25) is 5.91 Å². The van der Waals surface area contributed by atoms with Gasteiger partial charge in [0.15, 0.2) is 0 Å². The molecular formula is C15H15N3O5S. The maximum atomic E-state index is 12.6. The van der Waals surface area contributed by atoms with Gasteiger partial charge in [0.1, 0.15) is 0 Å². The lowest BCUT2D eigenvalue weighted by Gasteiger charge is -2.19. The Kier molecular flexibility index (Phi) is 4.84. The average Bonchev–Trinajstić information content (AvgIpc) is 2.54. The van der Waals surface area contributed by atoms with Gasteiger partial charge >= 0.3 is 5.97 Å². The molecule has 24 heavy (non-hydrogen) atoms. The Morgan fingerprint density at radius 3 is 2.33 bits per heavy atom. The molecule has 2 rings (SSSR count). The molecular weight excluding hydrogens is 334 g/mol. The lowest BCUT2D eigenvalue weighted by atomic mass is 10.3. The minimum absolute atomic E-state index is 0.000157. The predicted octanol–water partition coefficient (Wildman–Crippen LogP) is 1.56. The van der Waals surface area contributed by atoms with Crippen LogP contribution < -0.4 is 9.62 Å². The highest BCUT2D eigenvalue weighted by molar-refractivity contribution is 7.92. The van der Waals surface area contributed by atoms with Crippen molar-refractivity contribution in [1.29, 1.82) is 0 Å². The SMILES string of the molecule is CC(=O)Nc1ccc(S(=O)(=O)N(C)c2cncc(C(=O)O)c2)cc1. The predicted molar refractivity (Wildman–Crippen MR) is 87.5 cm³/mol. The number of carbonyl (C=O) groups is 2. The summed E-state index contributed by atoms with van der Waals surface area (Å²) in [5.74, 6) is -1.46. The second-order valence-electron chi connectivity index (χ2n) is 4.92. The molecule has 2 aromatic rings. The number of amides is 1. The molecule has 2 N–H and O–H groups in total. The first-order chi connectivity index (χ1) is 11.2. The Morgan fingerprint density at radius 2 is 1.79 bits per heavy atom.